The summed E-state index contributed by atoms with van der Waals surface area (Å²) in [6.07, 6.45) is 1.39. The van der Waals surface area contributed by atoms with E-state index in [4.69, 9.17) is 0 Å². The fourth-order valence-corrected chi connectivity index (χ4v) is 2.83. The van der Waals surface area contributed by atoms with Gasteiger partial charge >= 0.3 is 0 Å². The van der Waals surface area contributed by atoms with E-state index >= 15 is 0 Å². The van der Waals surface area contributed by atoms with Crippen molar-refractivity contribution >= 4 is 33.2 Å². The molecule has 1 aliphatic rings. The number of amides is 1. The average molecular weight is 345 g/mol. The number of carbonyl (C=O) groups excluding carboxylic acids is 1. The Morgan fingerprint density at radius 2 is 1.90 bits per heavy atom. The molecule has 0 aromatic heterocycles. The van der Waals surface area contributed by atoms with Crippen molar-refractivity contribution in [3.05, 3.63) is 58.6 Å². The van der Waals surface area contributed by atoms with Crippen LogP contribution in [0.3, 0.4) is 0 Å². The monoisotopic (exact) mass is 344 g/mol. The first-order valence-electron chi connectivity index (χ1n) is 7.12. The predicted octanol–water partition coefficient (Wildman–Crippen LogP) is 3.84. The normalized spacial score (nSPS) is 14.0. The Balaban J connectivity index is 1.82. The fourth-order valence-electron chi connectivity index (χ4n) is 2.57. The second-order valence-corrected chi connectivity index (χ2v) is 6.06. The molecule has 4 heteroatoms. The lowest BCUT2D eigenvalue weighted by atomic mass is 10.1. The van der Waals surface area contributed by atoms with Crippen LogP contribution in [0.25, 0.3) is 0 Å². The van der Waals surface area contributed by atoms with Gasteiger partial charge in [0, 0.05) is 17.6 Å². The van der Waals surface area contributed by atoms with Crippen LogP contribution in [-0.2, 0) is 11.2 Å². The number of nitrogens with zero attached hydrogens (tertiary/aromatic N) is 1. The summed E-state index contributed by atoms with van der Waals surface area (Å²) in [5.41, 5.74) is 3.06. The van der Waals surface area contributed by atoms with Crippen LogP contribution < -0.4 is 10.2 Å². The maximum Gasteiger partial charge on any atom is 0.231 e. The van der Waals surface area contributed by atoms with Crippen LogP contribution in [0, 0.1) is 0 Å². The van der Waals surface area contributed by atoms with E-state index in [1.54, 1.807) is 0 Å². The van der Waals surface area contributed by atoms with Crippen molar-refractivity contribution in [2.75, 3.05) is 23.3 Å². The van der Waals surface area contributed by atoms with Gasteiger partial charge in [-0.05, 0) is 36.2 Å². The number of anilines is 2. The molecule has 0 unspecified atom stereocenters. The van der Waals surface area contributed by atoms with Gasteiger partial charge in [0.2, 0.25) is 5.91 Å². The minimum atomic E-state index is 0.147. The second-order valence-electron chi connectivity index (χ2n) is 5.15. The second kappa shape index (κ2) is 6.31. The van der Waals surface area contributed by atoms with Crippen LogP contribution >= 0.6 is 15.9 Å². The molecule has 3 nitrogen and oxygen atoms in total. The van der Waals surface area contributed by atoms with Gasteiger partial charge in [-0.15, -0.1) is 0 Å². The molecule has 0 spiro atoms. The third kappa shape index (κ3) is 3.27. The van der Waals surface area contributed by atoms with Gasteiger partial charge in [0.25, 0.3) is 0 Å². The highest BCUT2D eigenvalue weighted by atomic mass is 79.9. The van der Waals surface area contributed by atoms with E-state index < -0.39 is 0 Å². The summed E-state index contributed by atoms with van der Waals surface area (Å²) in [5, 5.41) is 3.38. The minimum absolute atomic E-state index is 0.147. The van der Waals surface area contributed by atoms with Crippen LogP contribution in [0.1, 0.15) is 12.0 Å². The summed E-state index contributed by atoms with van der Waals surface area (Å²) in [4.78, 5) is 14.6. The Morgan fingerprint density at radius 1 is 1.14 bits per heavy atom. The molecule has 0 saturated carbocycles. The Kier molecular flexibility index (Phi) is 4.25. The molecule has 108 valence electrons. The van der Waals surface area contributed by atoms with Gasteiger partial charge in [-0.1, -0.05) is 40.2 Å². The van der Waals surface area contributed by atoms with Crippen molar-refractivity contribution in [2.45, 2.75) is 12.8 Å². The molecular weight excluding hydrogens is 328 g/mol. The number of fused-ring (bicyclic) bond motifs is 1. The van der Waals surface area contributed by atoms with Crippen molar-refractivity contribution < 1.29 is 4.79 Å². The summed E-state index contributed by atoms with van der Waals surface area (Å²) in [7, 11) is 0. The maximum absolute atomic E-state index is 12.7. The highest BCUT2D eigenvalue weighted by Crippen LogP contribution is 2.28. The highest BCUT2D eigenvalue weighted by molar-refractivity contribution is 9.10. The van der Waals surface area contributed by atoms with Crippen molar-refractivity contribution in [3.63, 3.8) is 0 Å². The molecule has 3 rings (SSSR count). The molecule has 2 aromatic carbocycles. The number of rotatable bonds is 2. The first kappa shape index (κ1) is 14.1. The number of benzene rings is 2. The lowest BCUT2D eigenvalue weighted by Crippen LogP contribution is -2.32. The molecule has 0 atom stereocenters. The Hall–Kier alpha value is -1.81. The number of halogens is 1. The molecule has 0 fully saturated rings. The van der Waals surface area contributed by atoms with Crippen LogP contribution in [0.4, 0.5) is 11.4 Å². The molecule has 1 heterocycles. The van der Waals surface area contributed by atoms with E-state index in [0.29, 0.717) is 6.42 Å². The van der Waals surface area contributed by atoms with Gasteiger partial charge in [-0.25, -0.2) is 0 Å². The van der Waals surface area contributed by atoms with Crippen molar-refractivity contribution in [1.82, 2.24) is 0 Å². The number of nitrogens with one attached hydrogen (secondary N) is 1. The smallest absolute Gasteiger partial charge is 0.231 e. The SMILES string of the molecule is O=C(Cc1ccc(Br)cc1)N1CCCNc2ccccc21. The number of hydrogen-bond acceptors (Lipinski definition) is 2. The Morgan fingerprint density at radius 3 is 2.71 bits per heavy atom. The average Bonchev–Trinajstić information content (AvgIpc) is 2.72. The van der Waals surface area contributed by atoms with Crippen LogP contribution in [0.5, 0.6) is 0 Å². The van der Waals surface area contributed by atoms with Gasteiger partial charge < -0.3 is 10.2 Å². The van der Waals surface area contributed by atoms with Gasteiger partial charge in [0.15, 0.2) is 0 Å². The zero-order valence-electron chi connectivity index (χ0n) is 11.7. The Bertz CT molecular complexity index is 639. The molecule has 0 radical (unpaired) electrons. The van der Waals surface area contributed by atoms with E-state index in [1.807, 2.05) is 53.4 Å². The highest BCUT2D eigenvalue weighted by Gasteiger charge is 2.20. The predicted molar refractivity (Wildman–Crippen MR) is 89.7 cm³/mol. The number of hydrogen-bond donors (Lipinski definition) is 1. The summed E-state index contributed by atoms with van der Waals surface area (Å²) in [6, 6.07) is 15.9. The lowest BCUT2D eigenvalue weighted by molar-refractivity contribution is -0.118. The first-order valence-corrected chi connectivity index (χ1v) is 7.91. The quantitative estimate of drug-likeness (QED) is 0.897. The molecule has 1 aliphatic heterocycles. The van der Waals surface area contributed by atoms with Gasteiger partial charge in [-0.3, -0.25) is 4.79 Å². The maximum atomic E-state index is 12.7. The zero-order chi connectivity index (χ0) is 14.7. The molecule has 2 aromatic rings. The van der Waals surface area contributed by atoms with Gasteiger partial charge in [-0.2, -0.15) is 0 Å². The summed E-state index contributed by atoms with van der Waals surface area (Å²) < 4.78 is 1.03. The molecule has 0 aliphatic carbocycles. The molecule has 0 bridgehead atoms. The van der Waals surface area contributed by atoms with Crippen molar-refractivity contribution in [3.8, 4) is 0 Å². The van der Waals surface area contributed by atoms with Gasteiger partial charge in [0.05, 0.1) is 17.8 Å². The molecule has 21 heavy (non-hydrogen) atoms. The topological polar surface area (TPSA) is 32.3 Å². The minimum Gasteiger partial charge on any atom is -0.383 e. The van der Waals surface area contributed by atoms with E-state index in [9.17, 15) is 4.79 Å². The van der Waals surface area contributed by atoms with Gasteiger partial charge in [0.1, 0.15) is 0 Å². The fraction of sp³-hybridized carbons (Fsp3) is 0.235. The molecule has 0 saturated heterocycles. The lowest BCUT2D eigenvalue weighted by Gasteiger charge is -2.22. The summed E-state index contributed by atoms with van der Waals surface area (Å²) in [6.45, 7) is 1.67. The molecule has 1 N–H and O–H groups in total. The molecular formula is C17H17BrN2O. The molecule has 1 amide bonds. The van der Waals surface area contributed by atoms with Crippen LogP contribution in [0.2, 0.25) is 0 Å². The van der Waals surface area contributed by atoms with E-state index in [0.717, 1.165) is 40.9 Å². The zero-order valence-corrected chi connectivity index (χ0v) is 13.3. The van der Waals surface area contributed by atoms with Crippen molar-refractivity contribution in [1.29, 1.82) is 0 Å². The standard InChI is InChI=1S/C17H17BrN2O/c18-14-8-6-13(7-9-14)12-17(21)20-11-3-10-19-15-4-1-2-5-16(15)20/h1-2,4-9,19H,3,10-12H2. The summed E-state index contributed by atoms with van der Waals surface area (Å²) in [5.74, 6) is 0.147. The third-order valence-electron chi connectivity index (χ3n) is 3.64. The first-order chi connectivity index (χ1) is 10.2. The number of carbonyl (C=O) groups is 1. The van der Waals surface area contributed by atoms with Crippen molar-refractivity contribution in [2.24, 2.45) is 0 Å². The Labute approximate surface area is 133 Å². The number of para-hydroxylation sites is 2. The third-order valence-corrected chi connectivity index (χ3v) is 4.17. The van der Waals surface area contributed by atoms with Crippen LogP contribution in [0.15, 0.2) is 53.0 Å². The largest absolute Gasteiger partial charge is 0.383 e. The summed E-state index contributed by atoms with van der Waals surface area (Å²) >= 11 is 3.42. The van der Waals surface area contributed by atoms with E-state index in [2.05, 4.69) is 21.2 Å². The van der Waals surface area contributed by atoms with Crippen LogP contribution in [-0.4, -0.2) is 19.0 Å². The van der Waals surface area contributed by atoms with E-state index in [1.165, 1.54) is 0 Å². The van der Waals surface area contributed by atoms with E-state index in [-0.39, 0.29) is 5.91 Å².